The van der Waals surface area contributed by atoms with E-state index in [2.05, 4.69) is 15.0 Å². The molecule has 11 heteroatoms. The first-order valence-electron chi connectivity index (χ1n) is 11.4. The number of aromatic nitrogens is 3. The maximum atomic E-state index is 15.1. The molecule has 1 saturated heterocycles. The molecule has 3 heterocycles. The minimum absolute atomic E-state index is 0.000115. The van der Waals surface area contributed by atoms with Gasteiger partial charge in [-0.25, -0.2) is 9.37 Å². The molecule has 1 fully saturated rings. The van der Waals surface area contributed by atoms with Gasteiger partial charge in [0.1, 0.15) is 11.3 Å². The van der Waals surface area contributed by atoms with Gasteiger partial charge in [0.2, 0.25) is 11.9 Å². The van der Waals surface area contributed by atoms with E-state index in [1.54, 1.807) is 23.4 Å². The van der Waals surface area contributed by atoms with Crippen molar-refractivity contribution in [1.82, 2.24) is 19.9 Å². The van der Waals surface area contributed by atoms with Crippen molar-refractivity contribution in [3.05, 3.63) is 42.0 Å². The Labute approximate surface area is 203 Å². The molecule has 2 aromatic heterocycles. The van der Waals surface area contributed by atoms with E-state index >= 15 is 4.39 Å². The fourth-order valence-electron chi connectivity index (χ4n) is 4.40. The Hall–Kier alpha value is -3.73. The predicted octanol–water partition coefficient (Wildman–Crippen LogP) is 1.76. The highest BCUT2D eigenvalue weighted by Crippen LogP contribution is 2.37. The number of nitrogen functional groups attached to an aromatic ring is 1. The fraction of sp³-hybridized carbons (Fsp3) is 0.417. The van der Waals surface area contributed by atoms with E-state index in [1.807, 2.05) is 24.0 Å². The molecular formula is C24H30FN7O3. The zero-order chi connectivity index (χ0) is 25.1. The molecule has 1 aliphatic heterocycles. The number of rotatable bonds is 7. The molecule has 0 bridgehead atoms. The van der Waals surface area contributed by atoms with Gasteiger partial charge in [0, 0.05) is 55.9 Å². The Kier molecular flexibility index (Phi) is 7.15. The van der Waals surface area contributed by atoms with Gasteiger partial charge in [-0.05, 0) is 37.1 Å². The number of carbonyl (C=O) groups excluding carboxylic acids is 1. The van der Waals surface area contributed by atoms with E-state index < -0.39 is 5.82 Å². The first-order valence-corrected chi connectivity index (χ1v) is 11.4. The van der Waals surface area contributed by atoms with Gasteiger partial charge >= 0.3 is 0 Å². The molecule has 0 aliphatic carbocycles. The van der Waals surface area contributed by atoms with Gasteiger partial charge in [-0.3, -0.25) is 9.78 Å². The second kappa shape index (κ2) is 10.3. The van der Waals surface area contributed by atoms with Crippen molar-refractivity contribution in [1.29, 1.82) is 0 Å². The lowest BCUT2D eigenvalue weighted by Crippen LogP contribution is -2.55. The number of piperazine rings is 1. The molecule has 1 aromatic carbocycles. The fourth-order valence-corrected chi connectivity index (χ4v) is 4.40. The number of fused-ring (bicyclic) bond motifs is 1. The number of hydrogen-bond acceptors (Lipinski definition) is 9. The molecule has 0 radical (unpaired) electrons. The summed E-state index contributed by atoms with van der Waals surface area (Å²) in [5.41, 5.74) is 13.5. The third kappa shape index (κ3) is 5.04. The van der Waals surface area contributed by atoms with Crippen LogP contribution in [0.15, 0.2) is 30.6 Å². The van der Waals surface area contributed by atoms with Crippen molar-refractivity contribution < 1.29 is 18.7 Å². The summed E-state index contributed by atoms with van der Waals surface area (Å²) in [5, 5.41) is 0.341. The van der Waals surface area contributed by atoms with Crippen LogP contribution in [0.2, 0.25) is 0 Å². The van der Waals surface area contributed by atoms with Crippen LogP contribution in [0.5, 0.6) is 11.5 Å². The maximum absolute atomic E-state index is 15.1. The molecule has 2 unspecified atom stereocenters. The minimum Gasteiger partial charge on any atom is -0.493 e. The summed E-state index contributed by atoms with van der Waals surface area (Å²) in [6, 6.07) is 4.97. The molecule has 1 aliphatic rings. The Balaban J connectivity index is 1.47. The van der Waals surface area contributed by atoms with Crippen molar-refractivity contribution in [2.45, 2.75) is 31.8 Å². The Morgan fingerprint density at radius 3 is 2.63 bits per heavy atom. The van der Waals surface area contributed by atoms with E-state index in [0.717, 1.165) is 5.56 Å². The van der Waals surface area contributed by atoms with Crippen LogP contribution in [-0.2, 0) is 11.2 Å². The number of anilines is 2. The van der Waals surface area contributed by atoms with E-state index in [-0.39, 0.29) is 47.2 Å². The minimum atomic E-state index is -0.665. The predicted molar refractivity (Wildman–Crippen MR) is 131 cm³/mol. The van der Waals surface area contributed by atoms with Gasteiger partial charge in [-0.1, -0.05) is 0 Å². The quantitative estimate of drug-likeness (QED) is 0.516. The molecule has 35 heavy (non-hydrogen) atoms. The summed E-state index contributed by atoms with van der Waals surface area (Å²) < 4.78 is 25.5. The molecule has 0 saturated carbocycles. The SMILES string of the molecule is COc1cc2c(N)nc(N3CCN(C(=O)CC(N)Cc4ccncc4)CC3C)nc2c(F)c1OC. The average Bonchev–Trinajstić information content (AvgIpc) is 2.84. The van der Waals surface area contributed by atoms with Crippen LogP contribution >= 0.6 is 0 Å². The van der Waals surface area contributed by atoms with Crippen LogP contribution in [0.3, 0.4) is 0 Å². The largest absolute Gasteiger partial charge is 0.493 e. The number of ether oxygens (including phenoxy) is 2. The second-order valence-electron chi connectivity index (χ2n) is 8.64. The number of amides is 1. The summed E-state index contributed by atoms with van der Waals surface area (Å²) in [6.07, 6.45) is 4.28. The Bertz CT molecular complexity index is 1210. The molecule has 4 rings (SSSR count). The number of benzene rings is 1. The van der Waals surface area contributed by atoms with Crippen LogP contribution < -0.4 is 25.8 Å². The van der Waals surface area contributed by atoms with Crippen molar-refractivity contribution >= 4 is 28.6 Å². The molecule has 3 aromatic rings. The van der Waals surface area contributed by atoms with Gasteiger partial charge in [0.25, 0.3) is 0 Å². The summed E-state index contributed by atoms with van der Waals surface area (Å²) in [4.78, 5) is 29.5. The molecule has 4 N–H and O–H groups in total. The van der Waals surface area contributed by atoms with Gasteiger partial charge in [-0.15, -0.1) is 0 Å². The first-order chi connectivity index (χ1) is 16.8. The van der Waals surface area contributed by atoms with Crippen LogP contribution in [0.25, 0.3) is 10.9 Å². The normalized spacial score (nSPS) is 16.9. The molecule has 1 amide bonds. The van der Waals surface area contributed by atoms with Gasteiger partial charge in [0.05, 0.1) is 14.2 Å². The van der Waals surface area contributed by atoms with Crippen molar-refractivity contribution in [3.63, 3.8) is 0 Å². The lowest BCUT2D eigenvalue weighted by atomic mass is 10.0. The number of nitrogens with zero attached hydrogens (tertiary/aromatic N) is 5. The maximum Gasteiger partial charge on any atom is 0.228 e. The molecule has 2 atom stereocenters. The third-order valence-electron chi connectivity index (χ3n) is 6.21. The smallest absolute Gasteiger partial charge is 0.228 e. The van der Waals surface area contributed by atoms with Gasteiger partial charge in [0.15, 0.2) is 17.3 Å². The highest BCUT2D eigenvalue weighted by atomic mass is 19.1. The van der Waals surface area contributed by atoms with E-state index in [1.165, 1.54) is 14.2 Å². The van der Waals surface area contributed by atoms with Crippen LogP contribution in [-0.4, -0.2) is 71.7 Å². The number of nitrogens with two attached hydrogens (primary N) is 2. The average molecular weight is 484 g/mol. The summed E-state index contributed by atoms with van der Waals surface area (Å²) in [7, 11) is 2.78. The standard InChI is InChI=1S/C24H30FN7O3/c1-14-13-31(19(33)11-16(26)10-15-4-6-28-7-5-15)8-9-32(14)24-29-21-17(23(27)30-24)12-18(34-2)22(35-3)20(21)25/h4-7,12,14,16H,8-11,13,26H2,1-3H3,(H2,27,29,30). The highest BCUT2D eigenvalue weighted by molar-refractivity contribution is 5.92. The van der Waals surface area contributed by atoms with E-state index in [4.69, 9.17) is 20.9 Å². The van der Waals surface area contributed by atoms with Gasteiger partial charge in [-0.2, -0.15) is 4.98 Å². The van der Waals surface area contributed by atoms with Crippen molar-refractivity contribution in [2.24, 2.45) is 5.73 Å². The zero-order valence-corrected chi connectivity index (χ0v) is 20.1. The summed E-state index contributed by atoms with van der Waals surface area (Å²) in [5.74, 6) is -0.0618. The van der Waals surface area contributed by atoms with Crippen LogP contribution in [0.4, 0.5) is 16.2 Å². The number of pyridine rings is 1. The monoisotopic (exact) mass is 483 g/mol. The number of halogens is 1. The molecule has 186 valence electrons. The topological polar surface area (TPSA) is 133 Å². The Morgan fingerprint density at radius 2 is 1.97 bits per heavy atom. The molecule has 0 spiro atoms. The van der Waals surface area contributed by atoms with Crippen molar-refractivity contribution in [3.8, 4) is 11.5 Å². The first kappa shape index (κ1) is 24.4. The Morgan fingerprint density at radius 1 is 1.23 bits per heavy atom. The van der Waals surface area contributed by atoms with Crippen LogP contribution in [0, 0.1) is 5.82 Å². The van der Waals surface area contributed by atoms with Gasteiger partial charge < -0.3 is 30.7 Å². The van der Waals surface area contributed by atoms with Crippen LogP contribution in [0.1, 0.15) is 18.9 Å². The second-order valence-corrected chi connectivity index (χ2v) is 8.64. The summed E-state index contributed by atoms with van der Waals surface area (Å²) in [6.45, 7) is 3.38. The number of carbonyl (C=O) groups is 1. The summed E-state index contributed by atoms with van der Waals surface area (Å²) >= 11 is 0. The zero-order valence-electron chi connectivity index (χ0n) is 20.1. The highest BCUT2D eigenvalue weighted by Gasteiger charge is 2.30. The molecule has 10 nitrogen and oxygen atoms in total. The third-order valence-corrected chi connectivity index (χ3v) is 6.21. The number of methoxy groups -OCH3 is 2. The van der Waals surface area contributed by atoms with E-state index in [9.17, 15) is 4.79 Å². The lowest BCUT2D eigenvalue weighted by Gasteiger charge is -2.40. The molecular weight excluding hydrogens is 453 g/mol. The van der Waals surface area contributed by atoms with Crippen molar-refractivity contribution in [2.75, 3.05) is 44.5 Å². The number of hydrogen-bond donors (Lipinski definition) is 2. The van der Waals surface area contributed by atoms with E-state index in [0.29, 0.717) is 37.4 Å². The lowest BCUT2D eigenvalue weighted by molar-refractivity contribution is -0.132.